The predicted octanol–water partition coefficient (Wildman–Crippen LogP) is 1.83. The van der Waals surface area contributed by atoms with Gasteiger partial charge in [-0.2, -0.15) is 0 Å². The van der Waals surface area contributed by atoms with Crippen molar-refractivity contribution >= 4 is 17.9 Å². The summed E-state index contributed by atoms with van der Waals surface area (Å²) in [4.78, 5) is 32.4. The molecule has 0 aliphatic carbocycles. The molecule has 1 unspecified atom stereocenters. The molecule has 18 heavy (non-hydrogen) atoms. The SMILES string of the molecule is CCCCCCC(CC(C(=O)O)C(=O)O)C(=O)O. The number of hydrogen-bond donors (Lipinski definition) is 3. The molecule has 0 aliphatic rings. The normalized spacial score (nSPS) is 12.3. The van der Waals surface area contributed by atoms with E-state index in [1.54, 1.807) is 0 Å². The van der Waals surface area contributed by atoms with Gasteiger partial charge < -0.3 is 15.3 Å². The molecule has 0 spiro atoms. The van der Waals surface area contributed by atoms with Crippen molar-refractivity contribution in [1.82, 2.24) is 0 Å². The summed E-state index contributed by atoms with van der Waals surface area (Å²) in [6.45, 7) is 2.03. The quantitative estimate of drug-likeness (QED) is 0.408. The fraction of sp³-hybridized carbons (Fsp3) is 0.750. The Bertz CT molecular complexity index is 285. The van der Waals surface area contributed by atoms with E-state index in [1.165, 1.54) is 0 Å². The van der Waals surface area contributed by atoms with E-state index in [9.17, 15) is 14.4 Å². The fourth-order valence-corrected chi connectivity index (χ4v) is 1.75. The first-order valence-electron chi connectivity index (χ1n) is 6.08. The molecule has 3 N–H and O–H groups in total. The van der Waals surface area contributed by atoms with Gasteiger partial charge in [0.25, 0.3) is 0 Å². The highest BCUT2D eigenvalue weighted by atomic mass is 16.4. The van der Waals surface area contributed by atoms with Gasteiger partial charge in [-0.1, -0.05) is 32.6 Å². The Balaban J connectivity index is 4.37. The molecule has 0 bridgehead atoms. The van der Waals surface area contributed by atoms with Crippen LogP contribution in [0.15, 0.2) is 0 Å². The molecule has 0 amide bonds. The molecule has 0 saturated carbocycles. The van der Waals surface area contributed by atoms with Crippen LogP contribution in [0.3, 0.4) is 0 Å². The summed E-state index contributed by atoms with van der Waals surface area (Å²) >= 11 is 0. The molecule has 6 heteroatoms. The van der Waals surface area contributed by atoms with Crippen LogP contribution in [0.2, 0.25) is 0 Å². The minimum Gasteiger partial charge on any atom is -0.481 e. The van der Waals surface area contributed by atoms with E-state index in [4.69, 9.17) is 15.3 Å². The van der Waals surface area contributed by atoms with Crippen LogP contribution in [-0.4, -0.2) is 33.2 Å². The van der Waals surface area contributed by atoms with Crippen LogP contribution < -0.4 is 0 Å². The van der Waals surface area contributed by atoms with Gasteiger partial charge >= 0.3 is 17.9 Å². The third-order valence-corrected chi connectivity index (χ3v) is 2.87. The standard InChI is InChI=1S/C12H20O6/c1-2-3-4-5-6-8(10(13)14)7-9(11(15)16)12(17)18/h8-9H,2-7H2,1H3,(H,13,14)(H,15,16)(H,17,18). The lowest BCUT2D eigenvalue weighted by molar-refractivity contribution is -0.156. The van der Waals surface area contributed by atoms with Crippen LogP contribution >= 0.6 is 0 Å². The maximum atomic E-state index is 11.0. The molecule has 0 saturated heterocycles. The van der Waals surface area contributed by atoms with Crippen LogP contribution in [0.25, 0.3) is 0 Å². The molecule has 0 aromatic carbocycles. The zero-order chi connectivity index (χ0) is 14.1. The van der Waals surface area contributed by atoms with Crippen molar-refractivity contribution < 1.29 is 29.7 Å². The van der Waals surface area contributed by atoms with Crippen LogP contribution in [0.1, 0.15) is 45.4 Å². The molecule has 1 atom stereocenters. The molecule has 0 heterocycles. The number of hydrogen-bond acceptors (Lipinski definition) is 3. The Morgan fingerprint density at radius 1 is 0.889 bits per heavy atom. The first-order chi connectivity index (χ1) is 8.40. The van der Waals surface area contributed by atoms with E-state index < -0.39 is 29.7 Å². The number of carbonyl (C=O) groups is 3. The fourth-order valence-electron chi connectivity index (χ4n) is 1.75. The first kappa shape index (κ1) is 16.4. The second kappa shape index (κ2) is 8.49. The highest BCUT2D eigenvalue weighted by molar-refractivity contribution is 5.93. The largest absolute Gasteiger partial charge is 0.481 e. The third kappa shape index (κ3) is 6.22. The van der Waals surface area contributed by atoms with E-state index in [2.05, 4.69) is 0 Å². The molecule has 6 nitrogen and oxygen atoms in total. The van der Waals surface area contributed by atoms with E-state index in [0.29, 0.717) is 12.8 Å². The minimum atomic E-state index is -1.64. The van der Waals surface area contributed by atoms with Gasteiger partial charge in [0, 0.05) is 0 Å². The average Bonchev–Trinajstić information content (AvgIpc) is 2.26. The van der Waals surface area contributed by atoms with Crippen molar-refractivity contribution in [3.05, 3.63) is 0 Å². The summed E-state index contributed by atoms with van der Waals surface area (Å²) in [6.07, 6.45) is 3.54. The van der Waals surface area contributed by atoms with E-state index in [1.807, 2.05) is 6.92 Å². The third-order valence-electron chi connectivity index (χ3n) is 2.87. The van der Waals surface area contributed by atoms with Gasteiger partial charge in [0.1, 0.15) is 0 Å². The number of rotatable bonds is 10. The van der Waals surface area contributed by atoms with E-state index in [0.717, 1.165) is 19.3 Å². The minimum absolute atomic E-state index is 0.326. The zero-order valence-electron chi connectivity index (χ0n) is 10.5. The maximum absolute atomic E-state index is 11.0. The van der Waals surface area contributed by atoms with E-state index >= 15 is 0 Å². The van der Waals surface area contributed by atoms with Crippen molar-refractivity contribution in [2.45, 2.75) is 45.4 Å². The Labute approximate surface area is 106 Å². The van der Waals surface area contributed by atoms with Crippen molar-refractivity contribution in [2.75, 3.05) is 0 Å². The summed E-state index contributed by atoms with van der Waals surface area (Å²) in [6, 6.07) is 0. The smallest absolute Gasteiger partial charge is 0.317 e. The molecule has 0 radical (unpaired) electrons. The van der Waals surface area contributed by atoms with Crippen LogP contribution in [-0.2, 0) is 14.4 Å². The average molecular weight is 260 g/mol. The Hall–Kier alpha value is -1.59. The Morgan fingerprint density at radius 2 is 1.44 bits per heavy atom. The second-order valence-electron chi connectivity index (χ2n) is 4.35. The van der Waals surface area contributed by atoms with Crippen molar-refractivity contribution in [3.8, 4) is 0 Å². The summed E-state index contributed by atoms with van der Waals surface area (Å²) < 4.78 is 0. The molecule has 0 aromatic heterocycles. The van der Waals surface area contributed by atoms with Gasteiger partial charge in [0.15, 0.2) is 5.92 Å². The van der Waals surface area contributed by atoms with E-state index in [-0.39, 0.29) is 6.42 Å². The monoisotopic (exact) mass is 260 g/mol. The molecule has 0 aromatic rings. The van der Waals surface area contributed by atoms with Crippen molar-refractivity contribution in [2.24, 2.45) is 11.8 Å². The van der Waals surface area contributed by atoms with Crippen LogP contribution in [0.5, 0.6) is 0 Å². The number of carboxylic acids is 3. The molecule has 0 aliphatic heterocycles. The summed E-state index contributed by atoms with van der Waals surface area (Å²) in [5.74, 6) is -6.64. The van der Waals surface area contributed by atoms with Gasteiger partial charge in [-0.25, -0.2) is 0 Å². The topological polar surface area (TPSA) is 112 Å². The molecular formula is C12H20O6. The van der Waals surface area contributed by atoms with Gasteiger partial charge in [0.2, 0.25) is 0 Å². The van der Waals surface area contributed by atoms with Gasteiger partial charge in [-0.05, 0) is 12.8 Å². The second-order valence-corrected chi connectivity index (χ2v) is 4.35. The summed E-state index contributed by atoms with van der Waals surface area (Å²) in [7, 11) is 0. The van der Waals surface area contributed by atoms with Crippen molar-refractivity contribution in [3.63, 3.8) is 0 Å². The maximum Gasteiger partial charge on any atom is 0.317 e. The number of unbranched alkanes of at least 4 members (excludes halogenated alkanes) is 3. The molecule has 104 valence electrons. The van der Waals surface area contributed by atoms with Crippen molar-refractivity contribution in [1.29, 1.82) is 0 Å². The highest BCUT2D eigenvalue weighted by Crippen LogP contribution is 2.20. The lowest BCUT2D eigenvalue weighted by Crippen LogP contribution is -2.28. The highest BCUT2D eigenvalue weighted by Gasteiger charge is 2.31. The number of aliphatic carboxylic acids is 3. The van der Waals surface area contributed by atoms with Gasteiger partial charge in [-0.15, -0.1) is 0 Å². The van der Waals surface area contributed by atoms with Gasteiger partial charge in [0.05, 0.1) is 5.92 Å². The van der Waals surface area contributed by atoms with Crippen LogP contribution in [0, 0.1) is 11.8 Å². The summed E-state index contributed by atoms with van der Waals surface area (Å²) in [5, 5.41) is 26.4. The zero-order valence-corrected chi connectivity index (χ0v) is 10.5. The Morgan fingerprint density at radius 3 is 1.83 bits per heavy atom. The summed E-state index contributed by atoms with van der Waals surface area (Å²) in [5.41, 5.74) is 0. The molecule has 0 fully saturated rings. The molecule has 0 rings (SSSR count). The Kier molecular flexibility index (Phi) is 7.74. The first-order valence-corrected chi connectivity index (χ1v) is 6.08. The van der Waals surface area contributed by atoms with Gasteiger partial charge in [-0.3, -0.25) is 14.4 Å². The lowest BCUT2D eigenvalue weighted by Gasteiger charge is -2.14. The lowest BCUT2D eigenvalue weighted by atomic mass is 9.90. The predicted molar refractivity (Wildman–Crippen MR) is 63.3 cm³/mol. The molecular weight excluding hydrogens is 240 g/mol. The number of carboxylic acid groups (broad SMARTS) is 3. The van der Waals surface area contributed by atoms with Crippen LogP contribution in [0.4, 0.5) is 0 Å².